The zero-order valence-electron chi connectivity index (χ0n) is 14.6. The standard InChI is InChI=1S/C19H25N3O3/c1-14(15-8-4-2-5-9-15)12-20-16(23)13-22-17(24)19(21-18(22)25)10-6-3-7-11-19/h2,4-5,8-9,14H,3,6-7,10-13H2,1H3,(H,20,23)(H,21,25)/t14-/m0/s1. The van der Waals surface area contributed by atoms with Crippen molar-refractivity contribution in [2.75, 3.05) is 13.1 Å². The van der Waals surface area contributed by atoms with Crippen molar-refractivity contribution in [3.8, 4) is 0 Å². The highest BCUT2D eigenvalue weighted by Crippen LogP contribution is 2.33. The summed E-state index contributed by atoms with van der Waals surface area (Å²) >= 11 is 0. The van der Waals surface area contributed by atoms with E-state index in [1.165, 1.54) is 0 Å². The molecule has 1 saturated carbocycles. The second-order valence-electron chi connectivity index (χ2n) is 7.08. The van der Waals surface area contributed by atoms with Gasteiger partial charge >= 0.3 is 6.03 Å². The highest BCUT2D eigenvalue weighted by Gasteiger charge is 2.51. The fourth-order valence-electron chi connectivity index (χ4n) is 3.68. The molecule has 0 aromatic heterocycles. The quantitative estimate of drug-likeness (QED) is 0.804. The van der Waals surface area contributed by atoms with Crippen molar-refractivity contribution in [3.05, 3.63) is 35.9 Å². The number of amides is 4. The summed E-state index contributed by atoms with van der Waals surface area (Å²) in [5.41, 5.74) is 0.367. The summed E-state index contributed by atoms with van der Waals surface area (Å²) in [5.74, 6) is -0.388. The molecule has 2 fully saturated rings. The fourth-order valence-corrected chi connectivity index (χ4v) is 3.68. The maximum atomic E-state index is 12.7. The summed E-state index contributed by atoms with van der Waals surface area (Å²) < 4.78 is 0. The Hall–Kier alpha value is -2.37. The number of nitrogens with one attached hydrogen (secondary N) is 2. The third-order valence-electron chi connectivity index (χ3n) is 5.23. The van der Waals surface area contributed by atoms with Gasteiger partial charge < -0.3 is 10.6 Å². The van der Waals surface area contributed by atoms with Gasteiger partial charge in [0.2, 0.25) is 5.91 Å². The molecule has 4 amide bonds. The van der Waals surface area contributed by atoms with Crippen LogP contribution in [0.25, 0.3) is 0 Å². The van der Waals surface area contributed by atoms with Gasteiger partial charge in [-0.05, 0) is 24.3 Å². The number of carbonyl (C=O) groups excluding carboxylic acids is 3. The highest BCUT2D eigenvalue weighted by molar-refractivity contribution is 6.09. The van der Waals surface area contributed by atoms with Crippen LogP contribution in [0.3, 0.4) is 0 Å². The lowest BCUT2D eigenvalue weighted by molar-refractivity contribution is -0.135. The van der Waals surface area contributed by atoms with E-state index < -0.39 is 11.6 Å². The predicted molar refractivity (Wildman–Crippen MR) is 93.9 cm³/mol. The zero-order valence-corrected chi connectivity index (χ0v) is 14.6. The van der Waals surface area contributed by atoms with Gasteiger partial charge in [0.25, 0.3) is 5.91 Å². The molecular weight excluding hydrogens is 318 g/mol. The lowest BCUT2D eigenvalue weighted by Gasteiger charge is -2.30. The molecule has 0 radical (unpaired) electrons. The minimum Gasteiger partial charge on any atom is -0.354 e. The molecule has 2 aliphatic rings. The van der Waals surface area contributed by atoms with Crippen LogP contribution >= 0.6 is 0 Å². The van der Waals surface area contributed by atoms with E-state index in [1.807, 2.05) is 37.3 Å². The number of urea groups is 1. The summed E-state index contributed by atoms with van der Waals surface area (Å²) in [5, 5.41) is 5.65. The molecule has 1 heterocycles. The molecule has 1 spiro atoms. The summed E-state index contributed by atoms with van der Waals surface area (Å²) in [6.45, 7) is 2.28. The van der Waals surface area contributed by atoms with Crippen molar-refractivity contribution in [2.45, 2.75) is 50.5 Å². The molecule has 2 N–H and O–H groups in total. The SMILES string of the molecule is C[C@@H](CNC(=O)CN1C(=O)NC2(CCCCC2)C1=O)c1ccccc1. The van der Waals surface area contributed by atoms with E-state index in [2.05, 4.69) is 10.6 Å². The van der Waals surface area contributed by atoms with Crippen LogP contribution in [0.5, 0.6) is 0 Å². The highest BCUT2D eigenvalue weighted by atomic mass is 16.2. The van der Waals surface area contributed by atoms with E-state index in [9.17, 15) is 14.4 Å². The maximum absolute atomic E-state index is 12.7. The lowest BCUT2D eigenvalue weighted by Crippen LogP contribution is -2.49. The van der Waals surface area contributed by atoms with Gasteiger partial charge in [-0.3, -0.25) is 14.5 Å². The number of imide groups is 1. The molecule has 1 atom stereocenters. The number of hydrogen-bond acceptors (Lipinski definition) is 3. The number of hydrogen-bond donors (Lipinski definition) is 2. The molecule has 6 heteroatoms. The first-order valence-corrected chi connectivity index (χ1v) is 8.97. The smallest absolute Gasteiger partial charge is 0.325 e. The van der Waals surface area contributed by atoms with Gasteiger partial charge in [-0.25, -0.2) is 4.79 Å². The number of benzene rings is 1. The van der Waals surface area contributed by atoms with Crippen LogP contribution < -0.4 is 10.6 Å². The molecule has 0 unspecified atom stereocenters. The first kappa shape index (κ1) is 17.5. The van der Waals surface area contributed by atoms with Crippen molar-refractivity contribution in [3.63, 3.8) is 0 Å². The van der Waals surface area contributed by atoms with Crippen LogP contribution in [0.2, 0.25) is 0 Å². The van der Waals surface area contributed by atoms with E-state index >= 15 is 0 Å². The second-order valence-corrected chi connectivity index (χ2v) is 7.08. The molecule has 3 rings (SSSR count). The van der Waals surface area contributed by atoms with Crippen molar-refractivity contribution >= 4 is 17.8 Å². The van der Waals surface area contributed by atoms with E-state index in [-0.39, 0.29) is 24.3 Å². The Morgan fingerprint density at radius 2 is 1.88 bits per heavy atom. The molecule has 6 nitrogen and oxygen atoms in total. The number of rotatable bonds is 5. The molecule has 0 bridgehead atoms. The molecule has 1 saturated heterocycles. The summed E-state index contributed by atoms with van der Waals surface area (Å²) in [6, 6.07) is 9.46. The van der Waals surface area contributed by atoms with E-state index in [4.69, 9.17) is 0 Å². The van der Waals surface area contributed by atoms with Gasteiger partial charge in [-0.2, -0.15) is 0 Å². The third-order valence-corrected chi connectivity index (χ3v) is 5.23. The van der Waals surface area contributed by atoms with E-state index in [0.29, 0.717) is 19.4 Å². The fraction of sp³-hybridized carbons (Fsp3) is 0.526. The largest absolute Gasteiger partial charge is 0.354 e. The van der Waals surface area contributed by atoms with E-state index in [1.54, 1.807) is 0 Å². The Morgan fingerprint density at radius 1 is 1.20 bits per heavy atom. The minimum absolute atomic E-state index is 0.165. The molecule has 1 aromatic rings. The van der Waals surface area contributed by atoms with Crippen molar-refractivity contribution in [1.82, 2.24) is 15.5 Å². The number of carbonyl (C=O) groups is 3. The van der Waals surface area contributed by atoms with Gasteiger partial charge in [0.1, 0.15) is 12.1 Å². The van der Waals surface area contributed by atoms with Gasteiger partial charge in [-0.15, -0.1) is 0 Å². The zero-order chi connectivity index (χ0) is 17.9. The average molecular weight is 343 g/mol. The molecule has 1 aromatic carbocycles. The topological polar surface area (TPSA) is 78.5 Å². The van der Waals surface area contributed by atoms with Crippen molar-refractivity contribution in [1.29, 1.82) is 0 Å². The lowest BCUT2D eigenvalue weighted by atomic mass is 9.82. The Bertz CT molecular complexity index is 653. The molecule has 1 aliphatic carbocycles. The Kier molecular flexibility index (Phi) is 5.06. The van der Waals surface area contributed by atoms with Crippen LogP contribution in [0.1, 0.15) is 50.5 Å². The van der Waals surface area contributed by atoms with Crippen LogP contribution in [0, 0.1) is 0 Å². The van der Waals surface area contributed by atoms with Gasteiger partial charge in [0, 0.05) is 6.54 Å². The number of nitrogens with zero attached hydrogens (tertiary/aromatic N) is 1. The summed E-state index contributed by atoms with van der Waals surface area (Å²) in [4.78, 5) is 38.1. The van der Waals surface area contributed by atoms with E-state index in [0.717, 1.165) is 29.7 Å². The van der Waals surface area contributed by atoms with Crippen molar-refractivity contribution < 1.29 is 14.4 Å². The minimum atomic E-state index is -0.771. The van der Waals surface area contributed by atoms with Crippen LogP contribution in [0.4, 0.5) is 4.79 Å². The molecule has 1 aliphatic heterocycles. The predicted octanol–water partition coefficient (Wildman–Crippen LogP) is 2.16. The maximum Gasteiger partial charge on any atom is 0.325 e. The van der Waals surface area contributed by atoms with Crippen LogP contribution in [-0.4, -0.2) is 41.4 Å². The average Bonchev–Trinajstić information content (AvgIpc) is 2.85. The molecular formula is C19H25N3O3. The van der Waals surface area contributed by atoms with Crippen LogP contribution in [-0.2, 0) is 9.59 Å². The van der Waals surface area contributed by atoms with Crippen molar-refractivity contribution in [2.24, 2.45) is 0 Å². The summed E-state index contributed by atoms with van der Waals surface area (Å²) in [6.07, 6.45) is 4.28. The third kappa shape index (κ3) is 3.67. The second kappa shape index (κ2) is 7.25. The molecule has 25 heavy (non-hydrogen) atoms. The summed E-state index contributed by atoms with van der Waals surface area (Å²) in [7, 11) is 0. The van der Waals surface area contributed by atoms with Gasteiger partial charge in [0.05, 0.1) is 0 Å². The van der Waals surface area contributed by atoms with Gasteiger partial charge in [-0.1, -0.05) is 56.5 Å². The van der Waals surface area contributed by atoms with Crippen LogP contribution in [0.15, 0.2) is 30.3 Å². The Labute approximate surface area is 148 Å². The normalized spacial score (nSPS) is 20.4. The first-order valence-electron chi connectivity index (χ1n) is 8.97. The monoisotopic (exact) mass is 343 g/mol. The Balaban J connectivity index is 1.54. The van der Waals surface area contributed by atoms with Gasteiger partial charge in [0.15, 0.2) is 0 Å². The Morgan fingerprint density at radius 3 is 2.56 bits per heavy atom. The first-order chi connectivity index (χ1) is 12.0. The molecule has 134 valence electrons.